The molecule has 0 spiro atoms. The summed E-state index contributed by atoms with van der Waals surface area (Å²) in [5.41, 5.74) is 0.676. The van der Waals surface area contributed by atoms with Gasteiger partial charge in [0.05, 0.1) is 12.7 Å². The molecule has 0 unspecified atom stereocenters. The molecule has 2 rings (SSSR count). The third kappa shape index (κ3) is 3.56. The van der Waals surface area contributed by atoms with E-state index in [0.29, 0.717) is 11.5 Å². The molecule has 20 heavy (non-hydrogen) atoms. The van der Waals surface area contributed by atoms with Crippen molar-refractivity contribution in [1.29, 1.82) is 0 Å². The first-order chi connectivity index (χ1) is 9.30. The Balaban J connectivity index is 2.34. The zero-order valence-corrected chi connectivity index (χ0v) is 12.2. The molecule has 5 heteroatoms. The van der Waals surface area contributed by atoms with Gasteiger partial charge in [0.2, 0.25) is 0 Å². The first-order valence-corrected chi connectivity index (χ1v) is 6.64. The first kappa shape index (κ1) is 14.5. The molecule has 0 saturated heterocycles. The molecule has 0 aromatic carbocycles. The van der Waals surface area contributed by atoms with Crippen LogP contribution in [0.4, 0.5) is 0 Å². The highest BCUT2D eigenvalue weighted by molar-refractivity contribution is 5.94. The number of carbonyl (C=O) groups excluding carboxylic acids is 2. The van der Waals surface area contributed by atoms with Crippen LogP contribution < -0.4 is 0 Å². The molecule has 0 bridgehead atoms. The Labute approximate surface area is 118 Å². The van der Waals surface area contributed by atoms with E-state index in [0.717, 1.165) is 18.5 Å². The van der Waals surface area contributed by atoms with Gasteiger partial charge in [-0.3, -0.25) is 0 Å². The van der Waals surface area contributed by atoms with E-state index < -0.39 is 17.5 Å². The lowest BCUT2D eigenvalue weighted by Gasteiger charge is -2.19. The summed E-state index contributed by atoms with van der Waals surface area (Å²) in [4.78, 5) is 28.0. The maximum Gasteiger partial charge on any atom is 0.356 e. The standard InChI is InChI=1S/C15H19NO4/c1-15(2,3)20-13(17)10-7-11(9-5-6-9)16-12(8-10)14(18)19-4/h7-9H,5-6H2,1-4H3. The quantitative estimate of drug-likeness (QED) is 0.795. The Kier molecular flexibility index (Phi) is 3.79. The van der Waals surface area contributed by atoms with Crippen LogP contribution in [0, 0.1) is 0 Å². The van der Waals surface area contributed by atoms with Crippen LogP contribution in [-0.2, 0) is 9.47 Å². The van der Waals surface area contributed by atoms with E-state index in [-0.39, 0.29) is 5.69 Å². The average molecular weight is 277 g/mol. The number of nitrogens with zero attached hydrogens (tertiary/aromatic N) is 1. The van der Waals surface area contributed by atoms with Gasteiger partial charge in [-0.2, -0.15) is 0 Å². The second kappa shape index (κ2) is 5.23. The molecule has 0 atom stereocenters. The van der Waals surface area contributed by atoms with Crippen LogP contribution >= 0.6 is 0 Å². The van der Waals surface area contributed by atoms with Gasteiger partial charge in [-0.15, -0.1) is 0 Å². The second-order valence-electron chi connectivity index (χ2n) is 5.93. The summed E-state index contributed by atoms with van der Waals surface area (Å²) in [6.07, 6.45) is 2.07. The molecule has 0 amide bonds. The van der Waals surface area contributed by atoms with Crippen LogP contribution in [0.3, 0.4) is 0 Å². The zero-order chi connectivity index (χ0) is 14.9. The van der Waals surface area contributed by atoms with Gasteiger partial charge >= 0.3 is 11.9 Å². The minimum atomic E-state index is -0.578. The van der Waals surface area contributed by atoms with Gasteiger partial charge < -0.3 is 9.47 Å². The highest BCUT2D eigenvalue weighted by Crippen LogP contribution is 2.39. The number of methoxy groups -OCH3 is 1. The van der Waals surface area contributed by atoms with E-state index >= 15 is 0 Å². The van der Waals surface area contributed by atoms with Crippen LogP contribution in [0.15, 0.2) is 12.1 Å². The Morgan fingerprint density at radius 2 is 1.85 bits per heavy atom. The SMILES string of the molecule is COC(=O)c1cc(C(=O)OC(C)(C)C)cc(C2CC2)n1. The molecular formula is C15H19NO4. The smallest absolute Gasteiger partial charge is 0.356 e. The van der Waals surface area contributed by atoms with Crippen LogP contribution in [0.25, 0.3) is 0 Å². The largest absolute Gasteiger partial charge is 0.464 e. The molecule has 1 heterocycles. The Hall–Kier alpha value is -1.91. The first-order valence-electron chi connectivity index (χ1n) is 6.64. The molecule has 1 aliphatic carbocycles. The lowest BCUT2D eigenvalue weighted by molar-refractivity contribution is 0.00692. The van der Waals surface area contributed by atoms with Crippen molar-refractivity contribution in [3.63, 3.8) is 0 Å². The van der Waals surface area contributed by atoms with Crippen molar-refractivity contribution in [2.45, 2.75) is 45.1 Å². The van der Waals surface area contributed by atoms with Crippen LogP contribution in [0.5, 0.6) is 0 Å². The van der Waals surface area contributed by atoms with Crippen molar-refractivity contribution in [3.05, 3.63) is 29.1 Å². The normalized spacial score (nSPS) is 14.8. The lowest BCUT2D eigenvalue weighted by atomic mass is 10.1. The third-order valence-corrected chi connectivity index (χ3v) is 2.87. The van der Waals surface area contributed by atoms with Gasteiger partial charge in [0.1, 0.15) is 11.3 Å². The molecule has 1 aliphatic rings. The fourth-order valence-electron chi connectivity index (χ4n) is 1.80. The summed E-state index contributed by atoms with van der Waals surface area (Å²) in [6.45, 7) is 5.40. The molecule has 1 aromatic rings. The Morgan fingerprint density at radius 1 is 1.20 bits per heavy atom. The summed E-state index contributed by atoms with van der Waals surface area (Å²) in [5, 5.41) is 0. The van der Waals surface area contributed by atoms with Crippen LogP contribution in [-0.4, -0.2) is 29.6 Å². The number of pyridine rings is 1. The van der Waals surface area contributed by atoms with E-state index in [1.807, 2.05) is 0 Å². The van der Waals surface area contributed by atoms with Crippen molar-refractivity contribution in [3.8, 4) is 0 Å². The molecule has 108 valence electrons. The maximum absolute atomic E-state index is 12.1. The van der Waals surface area contributed by atoms with E-state index in [9.17, 15) is 9.59 Å². The summed E-state index contributed by atoms with van der Waals surface area (Å²) < 4.78 is 10.0. The molecule has 1 aromatic heterocycles. The van der Waals surface area contributed by atoms with E-state index in [1.54, 1.807) is 26.8 Å². The molecule has 0 aliphatic heterocycles. The fraction of sp³-hybridized carbons (Fsp3) is 0.533. The van der Waals surface area contributed by atoms with E-state index in [1.165, 1.54) is 13.2 Å². The van der Waals surface area contributed by atoms with Crippen molar-refractivity contribution >= 4 is 11.9 Å². The van der Waals surface area contributed by atoms with Gasteiger partial charge in [-0.1, -0.05) is 0 Å². The van der Waals surface area contributed by atoms with Crippen molar-refractivity contribution in [2.75, 3.05) is 7.11 Å². The van der Waals surface area contributed by atoms with Gasteiger partial charge in [-0.05, 0) is 45.7 Å². The summed E-state index contributed by atoms with van der Waals surface area (Å²) in [5.74, 6) is -0.662. The summed E-state index contributed by atoms with van der Waals surface area (Å²) >= 11 is 0. The van der Waals surface area contributed by atoms with Gasteiger partial charge in [0, 0.05) is 11.6 Å². The molecule has 1 fully saturated rings. The lowest BCUT2D eigenvalue weighted by Crippen LogP contribution is -2.24. The van der Waals surface area contributed by atoms with Gasteiger partial charge in [0.15, 0.2) is 0 Å². The third-order valence-electron chi connectivity index (χ3n) is 2.87. The van der Waals surface area contributed by atoms with Crippen LogP contribution in [0.2, 0.25) is 0 Å². The van der Waals surface area contributed by atoms with Crippen molar-refractivity contribution < 1.29 is 19.1 Å². The summed E-state index contributed by atoms with van der Waals surface area (Å²) in [7, 11) is 1.29. The molecular weight excluding hydrogens is 258 g/mol. The van der Waals surface area contributed by atoms with E-state index in [4.69, 9.17) is 4.74 Å². The average Bonchev–Trinajstić information content (AvgIpc) is 3.19. The number of esters is 2. The zero-order valence-electron chi connectivity index (χ0n) is 12.2. The van der Waals surface area contributed by atoms with Crippen LogP contribution in [0.1, 0.15) is 66.1 Å². The predicted molar refractivity (Wildman–Crippen MR) is 72.7 cm³/mol. The fourth-order valence-corrected chi connectivity index (χ4v) is 1.80. The topological polar surface area (TPSA) is 65.5 Å². The Bertz CT molecular complexity index is 541. The Morgan fingerprint density at radius 3 is 2.35 bits per heavy atom. The number of rotatable bonds is 3. The molecule has 1 saturated carbocycles. The van der Waals surface area contributed by atoms with E-state index in [2.05, 4.69) is 9.72 Å². The van der Waals surface area contributed by atoms with Gasteiger partial charge in [0.25, 0.3) is 0 Å². The van der Waals surface area contributed by atoms with Crippen molar-refractivity contribution in [1.82, 2.24) is 4.98 Å². The minimum Gasteiger partial charge on any atom is -0.464 e. The van der Waals surface area contributed by atoms with Gasteiger partial charge in [-0.25, -0.2) is 14.6 Å². The molecule has 5 nitrogen and oxygen atoms in total. The molecule has 0 N–H and O–H groups in total. The number of hydrogen-bond acceptors (Lipinski definition) is 5. The highest BCUT2D eigenvalue weighted by atomic mass is 16.6. The number of ether oxygens (including phenoxy) is 2. The summed E-state index contributed by atoms with van der Waals surface area (Å²) in [6, 6.07) is 3.13. The second-order valence-corrected chi connectivity index (χ2v) is 5.93. The monoisotopic (exact) mass is 277 g/mol. The number of hydrogen-bond donors (Lipinski definition) is 0. The predicted octanol–water partition coefficient (Wildman–Crippen LogP) is 2.70. The minimum absolute atomic E-state index is 0.151. The number of carbonyl (C=O) groups is 2. The molecule has 0 radical (unpaired) electrons. The maximum atomic E-state index is 12.1. The number of aromatic nitrogens is 1. The van der Waals surface area contributed by atoms with Crippen molar-refractivity contribution in [2.24, 2.45) is 0 Å². The highest BCUT2D eigenvalue weighted by Gasteiger charge is 2.28.